The summed E-state index contributed by atoms with van der Waals surface area (Å²) in [6.07, 6.45) is 0.560. The molecule has 0 bridgehead atoms. The first kappa shape index (κ1) is 15.1. The van der Waals surface area contributed by atoms with Gasteiger partial charge in [0.2, 0.25) is 0 Å². The Labute approximate surface area is 124 Å². The second kappa shape index (κ2) is 5.80. The molecule has 0 aliphatic carbocycles. The number of H-pyrrole nitrogens is 1. The average molecular weight is 323 g/mol. The normalized spacial score (nSPS) is 9.94. The maximum Gasteiger partial charge on any atom is 0.355 e. The first-order chi connectivity index (χ1) is 8.08. The molecule has 0 aliphatic heterocycles. The Balaban J connectivity index is 0.00000162. The number of nitrogens with one attached hydrogen (secondary N) is 1. The van der Waals surface area contributed by atoms with Crippen LogP contribution < -0.4 is 0 Å². The minimum atomic E-state index is -0.629. The van der Waals surface area contributed by atoms with Crippen LogP contribution in [0.25, 0.3) is 10.9 Å². The van der Waals surface area contributed by atoms with Crippen LogP contribution in [0.3, 0.4) is 0 Å². The number of rotatable bonds is 2. The monoisotopic (exact) mass is 322 g/mol. The molecular formula is C11H7Cl2NO3V. The molecule has 1 aromatic heterocycles. The van der Waals surface area contributed by atoms with Crippen LogP contribution in [0, 0.1) is 0 Å². The van der Waals surface area contributed by atoms with Gasteiger partial charge in [0.25, 0.3) is 0 Å². The third kappa shape index (κ3) is 2.42. The topological polar surface area (TPSA) is 59.2 Å². The van der Waals surface area contributed by atoms with E-state index in [1.807, 2.05) is 0 Å². The van der Waals surface area contributed by atoms with Crippen molar-refractivity contribution >= 4 is 46.4 Å². The molecule has 1 N–H and O–H groups in total. The van der Waals surface area contributed by atoms with Gasteiger partial charge in [0.05, 0.1) is 17.7 Å². The van der Waals surface area contributed by atoms with E-state index in [0.29, 0.717) is 27.2 Å². The van der Waals surface area contributed by atoms with Crippen molar-refractivity contribution < 1.29 is 32.9 Å². The molecule has 7 heteroatoms. The van der Waals surface area contributed by atoms with E-state index >= 15 is 0 Å². The summed E-state index contributed by atoms with van der Waals surface area (Å²) in [7, 11) is 1.23. The molecule has 0 saturated heterocycles. The number of hydrogen-bond acceptors (Lipinski definition) is 3. The van der Waals surface area contributed by atoms with E-state index in [0.717, 1.165) is 0 Å². The van der Waals surface area contributed by atoms with E-state index in [9.17, 15) is 9.59 Å². The number of halogens is 2. The molecule has 1 heterocycles. The Kier molecular flexibility index (Phi) is 4.88. The van der Waals surface area contributed by atoms with Gasteiger partial charge in [-0.2, -0.15) is 0 Å². The number of ether oxygens (including phenoxy) is 1. The van der Waals surface area contributed by atoms with Gasteiger partial charge in [-0.3, -0.25) is 4.79 Å². The summed E-state index contributed by atoms with van der Waals surface area (Å²) >= 11 is 11.8. The molecule has 0 amide bonds. The van der Waals surface area contributed by atoms with Crippen molar-refractivity contribution in [2.45, 2.75) is 0 Å². The molecule has 0 saturated carbocycles. The van der Waals surface area contributed by atoms with Gasteiger partial charge < -0.3 is 9.72 Å². The standard InChI is InChI=1S/C11H7Cl2NO3.V/c1-17-11(16)10-6(4-15)9-7(13)2-5(12)3-8(9)14-10;/h2-4,14H,1H3;. The zero-order valence-electron chi connectivity index (χ0n) is 9.16. The van der Waals surface area contributed by atoms with Crippen LogP contribution >= 0.6 is 23.2 Å². The fourth-order valence-corrected chi connectivity index (χ4v) is 2.25. The Bertz CT molecular complexity index is 624. The summed E-state index contributed by atoms with van der Waals surface area (Å²) in [6, 6.07) is 3.09. The maximum absolute atomic E-state index is 11.5. The summed E-state index contributed by atoms with van der Waals surface area (Å²) in [5, 5.41) is 1.19. The molecule has 2 rings (SSSR count). The van der Waals surface area contributed by atoms with Gasteiger partial charge >= 0.3 is 5.97 Å². The molecule has 1 radical (unpaired) electrons. The second-order valence-electron chi connectivity index (χ2n) is 3.33. The summed E-state index contributed by atoms with van der Waals surface area (Å²) in [4.78, 5) is 25.3. The predicted octanol–water partition coefficient (Wildman–Crippen LogP) is 3.07. The quantitative estimate of drug-likeness (QED) is 0.682. The molecule has 4 nitrogen and oxygen atoms in total. The van der Waals surface area contributed by atoms with Crippen LogP contribution in [0.1, 0.15) is 20.8 Å². The molecular weight excluding hydrogens is 316 g/mol. The first-order valence-electron chi connectivity index (χ1n) is 4.62. The van der Waals surface area contributed by atoms with Crippen LogP contribution in [-0.4, -0.2) is 24.3 Å². The fourth-order valence-electron chi connectivity index (χ4n) is 1.65. The van der Waals surface area contributed by atoms with Crippen molar-refractivity contribution in [3.63, 3.8) is 0 Å². The smallest absolute Gasteiger partial charge is 0.355 e. The molecule has 0 spiro atoms. The van der Waals surface area contributed by atoms with Crippen molar-refractivity contribution in [2.75, 3.05) is 7.11 Å². The Hall–Kier alpha value is -0.936. The van der Waals surface area contributed by atoms with E-state index in [1.54, 1.807) is 6.07 Å². The number of carbonyl (C=O) groups is 2. The number of aromatic nitrogens is 1. The number of aromatic amines is 1. The number of hydrogen-bond donors (Lipinski definition) is 1. The number of esters is 1. The summed E-state index contributed by atoms with van der Waals surface area (Å²) in [5.74, 6) is -0.629. The van der Waals surface area contributed by atoms with E-state index in [-0.39, 0.29) is 29.8 Å². The molecule has 93 valence electrons. The molecule has 1 aromatic carbocycles. The van der Waals surface area contributed by atoms with Gasteiger partial charge in [-0.05, 0) is 12.1 Å². The van der Waals surface area contributed by atoms with Crippen LogP contribution in [0.4, 0.5) is 0 Å². The Morgan fingerprint density at radius 2 is 2.06 bits per heavy atom. The van der Waals surface area contributed by atoms with Crippen LogP contribution in [0.5, 0.6) is 0 Å². The third-order valence-electron chi connectivity index (χ3n) is 2.36. The number of carbonyl (C=O) groups excluding carboxylic acids is 2. The van der Waals surface area contributed by atoms with Gasteiger partial charge in [0, 0.05) is 34.5 Å². The first-order valence-corrected chi connectivity index (χ1v) is 5.38. The van der Waals surface area contributed by atoms with Crippen molar-refractivity contribution in [3.05, 3.63) is 33.4 Å². The number of fused-ring (bicyclic) bond motifs is 1. The zero-order chi connectivity index (χ0) is 12.6. The largest absolute Gasteiger partial charge is 0.464 e. The molecule has 0 fully saturated rings. The van der Waals surface area contributed by atoms with Crippen molar-refractivity contribution in [1.29, 1.82) is 0 Å². The molecule has 0 atom stereocenters. The van der Waals surface area contributed by atoms with E-state index in [2.05, 4.69) is 9.72 Å². The summed E-state index contributed by atoms with van der Waals surface area (Å²) in [5.41, 5.74) is 0.764. The van der Waals surface area contributed by atoms with E-state index in [1.165, 1.54) is 13.2 Å². The average Bonchev–Trinajstić information content (AvgIpc) is 2.66. The Morgan fingerprint density at radius 3 is 2.61 bits per heavy atom. The fraction of sp³-hybridized carbons (Fsp3) is 0.0909. The van der Waals surface area contributed by atoms with Gasteiger partial charge in [-0.1, -0.05) is 23.2 Å². The molecule has 18 heavy (non-hydrogen) atoms. The van der Waals surface area contributed by atoms with Crippen LogP contribution in [0.15, 0.2) is 12.1 Å². The van der Waals surface area contributed by atoms with Crippen molar-refractivity contribution in [3.8, 4) is 0 Å². The number of benzene rings is 1. The van der Waals surface area contributed by atoms with E-state index in [4.69, 9.17) is 23.2 Å². The number of methoxy groups -OCH3 is 1. The molecule has 0 aliphatic rings. The zero-order valence-corrected chi connectivity index (χ0v) is 12.1. The van der Waals surface area contributed by atoms with Crippen LogP contribution in [-0.2, 0) is 23.3 Å². The van der Waals surface area contributed by atoms with Crippen molar-refractivity contribution in [1.82, 2.24) is 4.98 Å². The number of aldehydes is 1. The third-order valence-corrected chi connectivity index (χ3v) is 2.88. The van der Waals surface area contributed by atoms with E-state index < -0.39 is 5.97 Å². The maximum atomic E-state index is 11.5. The predicted molar refractivity (Wildman–Crippen MR) is 65.0 cm³/mol. The minimum Gasteiger partial charge on any atom is -0.464 e. The minimum absolute atomic E-state index is 0. The van der Waals surface area contributed by atoms with Crippen LogP contribution in [0.2, 0.25) is 10.0 Å². The summed E-state index contributed by atoms with van der Waals surface area (Å²) < 4.78 is 4.57. The summed E-state index contributed by atoms with van der Waals surface area (Å²) in [6.45, 7) is 0. The van der Waals surface area contributed by atoms with Gasteiger partial charge in [0.1, 0.15) is 5.69 Å². The Morgan fingerprint density at radius 1 is 1.39 bits per heavy atom. The van der Waals surface area contributed by atoms with Gasteiger partial charge in [0.15, 0.2) is 6.29 Å². The van der Waals surface area contributed by atoms with Gasteiger partial charge in [-0.15, -0.1) is 0 Å². The van der Waals surface area contributed by atoms with Crippen molar-refractivity contribution in [2.24, 2.45) is 0 Å². The molecule has 2 aromatic rings. The van der Waals surface area contributed by atoms with Gasteiger partial charge in [-0.25, -0.2) is 4.79 Å². The second-order valence-corrected chi connectivity index (χ2v) is 4.18. The SMILES string of the molecule is COC(=O)c1[nH]c2cc(Cl)cc(Cl)c2c1C=O.[V]. The molecule has 0 unspecified atom stereocenters.